The van der Waals surface area contributed by atoms with Gasteiger partial charge < -0.3 is 9.64 Å². The molecule has 2 rings (SSSR count). The molecule has 0 aliphatic rings. The number of rotatable bonds is 4. The monoisotopic (exact) mass is 411 g/mol. The van der Waals surface area contributed by atoms with Gasteiger partial charge in [-0.3, -0.25) is 4.79 Å². The summed E-state index contributed by atoms with van der Waals surface area (Å²) in [7, 11) is 3.41. The molecule has 0 aromatic heterocycles. The number of amides is 1. The summed E-state index contributed by atoms with van der Waals surface area (Å²) in [6.07, 6.45) is 0. The lowest BCUT2D eigenvalue weighted by Crippen LogP contribution is -2.26. The Morgan fingerprint density at radius 2 is 1.76 bits per heavy atom. The number of nitrogens with zero attached hydrogens (tertiary/aromatic N) is 1. The predicted octanol–water partition coefficient (Wildman–Crippen LogP) is 4.49. The van der Waals surface area contributed by atoms with E-state index in [1.54, 1.807) is 19.1 Å². The maximum atomic E-state index is 12.5. The van der Waals surface area contributed by atoms with Crippen LogP contribution in [-0.2, 0) is 6.54 Å². The molecule has 0 fully saturated rings. The Bertz CT molecular complexity index is 638. The molecule has 0 radical (unpaired) electrons. The highest BCUT2D eigenvalue weighted by molar-refractivity contribution is 9.11. The Morgan fingerprint density at radius 1 is 1.14 bits per heavy atom. The average Bonchev–Trinajstić information content (AvgIpc) is 2.46. The smallest absolute Gasteiger partial charge is 0.253 e. The highest BCUT2D eigenvalue weighted by atomic mass is 79.9. The van der Waals surface area contributed by atoms with Crippen LogP contribution in [0.15, 0.2) is 51.4 Å². The van der Waals surface area contributed by atoms with Gasteiger partial charge in [-0.15, -0.1) is 0 Å². The number of hydrogen-bond donors (Lipinski definition) is 0. The average molecular weight is 413 g/mol. The van der Waals surface area contributed by atoms with Crippen molar-refractivity contribution in [3.05, 3.63) is 62.5 Å². The number of methoxy groups -OCH3 is 1. The Morgan fingerprint density at radius 3 is 2.38 bits per heavy atom. The van der Waals surface area contributed by atoms with E-state index in [0.29, 0.717) is 12.1 Å². The van der Waals surface area contributed by atoms with Crippen molar-refractivity contribution in [3.63, 3.8) is 0 Å². The lowest BCUT2D eigenvalue weighted by atomic mass is 10.1. The number of hydrogen-bond acceptors (Lipinski definition) is 2. The van der Waals surface area contributed by atoms with Crippen molar-refractivity contribution in [1.29, 1.82) is 0 Å². The van der Waals surface area contributed by atoms with Crippen molar-refractivity contribution in [2.75, 3.05) is 14.2 Å². The molecule has 5 heteroatoms. The van der Waals surface area contributed by atoms with E-state index >= 15 is 0 Å². The molecule has 0 saturated heterocycles. The summed E-state index contributed by atoms with van der Waals surface area (Å²) in [6, 6.07) is 13.2. The van der Waals surface area contributed by atoms with Crippen molar-refractivity contribution < 1.29 is 9.53 Å². The summed E-state index contributed by atoms with van der Waals surface area (Å²) in [5.41, 5.74) is 1.61. The van der Waals surface area contributed by atoms with Crippen LogP contribution >= 0.6 is 31.9 Å². The van der Waals surface area contributed by atoms with E-state index in [4.69, 9.17) is 4.74 Å². The minimum Gasteiger partial charge on any atom is -0.496 e. The molecule has 0 saturated carbocycles. The number of carbonyl (C=O) groups is 1. The van der Waals surface area contributed by atoms with Crippen molar-refractivity contribution in [2.24, 2.45) is 0 Å². The zero-order valence-electron chi connectivity index (χ0n) is 11.8. The molecule has 0 spiro atoms. The van der Waals surface area contributed by atoms with E-state index in [1.165, 1.54) is 0 Å². The Balaban J connectivity index is 2.19. The predicted molar refractivity (Wildman–Crippen MR) is 90.6 cm³/mol. The summed E-state index contributed by atoms with van der Waals surface area (Å²) in [5.74, 6) is 0.746. The number of ether oxygens (including phenoxy) is 1. The van der Waals surface area contributed by atoms with Gasteiger partial charge in [-0.25, -0.2) is 0 Å². The van der Waals surface area contributed by atoms with Gasteiger partial charge in [-0.05, 0) is 24.3 Å². The molecule has 110 valence electrons. The summed E-state index contributed by atoms with van der Waals surface area (Å²) < 4.78 is 7.05. The summed E-state index contributed by atoms with van der Waals surface area (Å²) in [6.45, 7) is 0.493. The van der Waals surface area contributed by atoms with E-state index in [-0.39, 0.29) is 5.91 Å². The van der Waals surface area contributed by atoms with Crippen LogP contribution in [0, 0.1) is 0 Å². The molecule has 0 bridgehead atoms. The molecule has 0 atom stereocenters. The number of carbonyl (C=O) groups excluding carboxylic acids is 1. The summed E-state index contributed by atoms with van der Waals surface area (Å²) in [5, 5.41) is 0. The first-order chi connectivity index (χ1) is 10.0. The minimum atomic E-state index is -0.0390. The standard InChI is InChI=1S/C16H15Br2NO2/c1-19(10-11-5-3-4-6-15(11)21-2)16(20)12-7-13(17)9-14(18)8-12/h3-9H,10H2,1-2H3. The fraction of sp³-hybridized carbons (Fsp3) is 0.188. The molecule has 2 aromatic rings. The molecular weight excluding hydrogens is 398 g/mol. The summed E-state index contributed by atoms with van der Waals surface area (Å²) in [4.78, 5) is 14.2. The number of halogens is 2. The first-order valence-electron chi connectivity index (χ1n) is 6.34. The van der Waals surface area contributed by atoms with Crippen molar-refractivity contribution in [3.8, 4) is 5.75 Å². The maximum Gasteiger partial charge on any atom is 0.253 e. The third-order valence-electron chi connectivity index (χ3n) is 3.06. The van der Waals surface area contributed by atoms with Crippen LogP contribution in [0.25, 0.3) is 0 Å². The molecule has 0 aliphatic carbocycles. The highest BCUT2D eigenvalue weighted by Crippen LogP contribution is 2.23. The van der Waals surface area contributed by atoms with Gasteiger partial charge in [0.2, 0.25) is 0 Å². The lowest BCUT2D eigenvalue weighted by molar-refractivity contribution is 0.0784. The van der Waals surface area contributed by atoms with Gasteiger partial charge in [0.05, 0.1) is 7.11 Å². The van der Waals surface area contributed by atoms with Crippen molar-refractivity contribution >= 4 is 37.8 Å². The largest absolute Gasteiger partial charge is 0.496 e. The van der Waals surface area contributed by atoms with E-state index < -0.39 is 0 Å². The second-order valence-corrected chi connectivity index (χ2v) is 6.46. The van der Waals surface area contributed by atoms with Gasteiger partial charge in [0.1, 0.15) is 5.75 Å². The molecule has 3 nitrogen and oxygen atoms in total. The zero-order chi connectivity index (χ0) is 15.4. The van der Waals surface area contributed by atoms with Crippen molar-refractivity contribution in [1.82, 2.24) is 4.90 Å². The van der Waals surface area contributed by atoms with E-state index in [9.17, 15) is 4.79 Å². The van der Waals surface area contributed by atoms with E-state index in [2.05, 4.69) is 31.9 Å². The molecule has 0 heterocycles. The van der Waals surface area contributed by atoms with Gasteiger partial charge in [-0.1, -0.05) is 50.1 Å². The molecule has 0 unspecified atom stereocenters. The van der Waals surface area contributed by atoms with Gasteiger partial charge >= 0.3 is 0 Å². The Labute approximate surface area is 141 Å². The van der Waals surface area contributed by atoms with Crippen LogP contribution in [0.5, 0.6) is 5.75 Å². The first-order valence-corrected chi connectivity index (χ1v) is 7.93. The molecule has 1 amide bonds. The third-order valence-corrected chi connectivity index (χ3v) is 3.97. The maximum absolute atomic E-state index is 12.5. The number of benzene rings is 2. The second-order valence-electron chi connectivity index (χ2n) is 4.63. The summed E-state index contributed by atoms with van der Waals surface area (Å²) >= 11 is 6.80. The lowest BCUT2D eigenvalue weighted by Gasteiger charge is -2.19. The molecule has 0 N–H and O–H groups in total. The van der Waals surface area contributed by atoms with Crippen molar-refractivity contribution in [2.45, 2.75) is 6.54 Å². The molecule has 2 aromatic carbocycles. The second kappa shape index (κ2) is 7.09. The molecule has 21 heavy (non-hydrogen) atoms. The SMILES string of the molecule is COc1ccccc1CN(C)C(=O)c1cc(Br)cc(Br)c1. The van der Waals surface area contributed by atoms with Gasteiger partial charge in [0.15, 0.2) is 0 Å². The van der Waals surface area contributed by atoms with Crippen LogP contribution in [0.3, 0.4) is 0 Å². The van der Waals surface area contributed by atoms with Gasteiger partial charge in [-0.2, -0.15) is 0 Å². The van der Waals surface area contributed by atoms with Crippen LogP contribution in [0.4, 0.5) is 0 Å². The quantitative estimate of drug-likeness (QED) is 0.740. The van der Waals surface area contributed by atoms with Gasteiger partial charge in [0, 0.05) is 33.7 Å². The first kappa shape index (κ1) is 16.0. The highest BCUT2D eigenvalue weighted by Gasteiger charge is 2.15. The topological polar surface area (TPSA) is 29.5 Å². The van der Waals surface area contributed by atoms with E-state index in [1.807, 2.05) is 42.5 Å². The van der Waals surface area contributed by atoms with Crippen LogP contribution in [0.1, 0.15) is 15.9 Å². The van der Waals surface area contributed by atoms with Gasteiger partial charge in [0.25, 0.3) is 5.91 Å². The molecule has 0 aliphatic heterocycles. The minimum absolute atomic E-state index is 0.0390. The van der Waals surface area contributed by atoms with E-state index in [0.717, 1.165) is 20.3 Å². The van der Waals surface area contributed by atoms with Crippen LogP contribution in [-0.4, -0.2) is 25.0 Å². The fourth-order valence-corrected chi connectivity index (χ4v) is 3.35. The molecular formula is C16H15Br2NO2. The zero-order valence-corrected chi connectivity index (χ0v) is 14.9. The normalized spacial score (nSPS) is 10.3. The third kappa shape index (κ3) is 4.08. The van der Waals surface area contributed by atoms with Crippen LogP contribution in [0.2, 0.25) is 0 Å². The fourth-order valence-electron chi connectivity index (χ4n) is 2.06. The number of para-hydroxylation sites is 1. The Hall–Kier alpha value is -1.33. The van der Waals surface area contributed by atoms with Crippen LogP contribution < -0.4 is 4.74 Å². The Kier molecular flexibility index (Phi) is 5.42.